The van der Waals surface area contributed by atoms with Gasteiger partial charge in [-0.15, -0.1) is 0 Å². The molecular formula is C21H21BrN2O. The van der Waals surface area contributed by atoms with Crippen molar-refractivity contribution in [2.75, 3.05) is 13.2 Å². The summed E-state index contributed by atoms with van der Waals surface area (Å²) in [7, 11) is 0. The molecule has 2 aromatic carbocycles. The quantitative estimate of drug-likeness (QED) is 0.611. The molecule has 4 heteroatoms. The van der Waals surface area contributed by atoms with Crippen LogP contribution in [0.1, 0.15) is 22.9 Å². The predicted octanol–water partition coefficient (Wildman–Crippen LogP) is 5.08. The summed E-state index contributed by atoms with van der Waals surface area (Å²) in [5.74, 6) is 0. The van der Waals surface area contributed by atoms with E-state index in [1.807, 2.05) is 6.07 Å². The third kappa shape index (κ3) is 3.56. The maximum absolute atomic E-state index is 6.03. The van der Waals surface area contributed by atoms with Gasteiger partial charge in [0, 0.05) is 35.5 Å². The zero-order chi connectivity index (χ0) is 17.2. The Labute approximate surface area is 157 Å². The summed E-state index contributed by atoms with van der Waals surface area (Å²) in [6, 6.07) is 19.1. The molecule has 0 bridgehead atoms. The van der Waals surface area contributed by atoms with E-state index in [1.165, 1.54) is 16.7 Å². The molecule has 1 fully saturated rings. The van der Waals surface area contributed by atoms with Gasteiger partial charge in [-0.3, -0.25) is 4.90 Å². The molecule has 1 aromatic heterocycles. The van der Waals surface area contributed by atoms with E-state index in [2.05, 4.69) is 93.2 Å². The maximum Gasteiger partial charge on any atom is 0.138 e. The fraction of sp³-hybridized carbons (Fsp3) is 0.238. The van der Waals surface area contributed by atoms with E-state index in [0.717, 1.165) is 29.9 Å². The van der Waals surface area contributed by atoms with Gasteiger partial charge in [0.25, 0.3) is 0 Å². The van der Waals surface area contributed by atoms with E-state index < -0.39 is 0 Å². The average molecular weight is 397 g/mol. The van der Waals surface area contributed by atoms with Crippen LogP contribution in [-0.2, 0) is 11.3 Å². The van der Waals surface area contributed by atoms with Crippen molar-refractivity contribution in [3.8, 4) is 5.69 Å². The Morgan fingerprint density at radius 3 is 2.68 bits per heavy atom. The number of aryl methyl sites for hydroxylation is 1. The number of para-hydroxylation sites is 1. The van der Waals surface area contributed by atoms with E-state index in [-0.39, 0.29) is 6.23 Å². The Hall–Kier alpha value is -1.88. The number of nitrogens with zero attached hydrogens (tertiary/aromatic N) is 2. The van der Waals surface area contributed by atoms with Crippen LogP contribution in [0.2, 0.25) is 0 Å². The highest BCUT2D eigenvalue weighted by atomic mass is 79.9. The Kier molecular flexibility index (Phi) is 4.75. The second kappa shape index (κ2) is 7.16. The van der Waals surface area contributed by atoms with E-state index in [0.29, 0.717) is 0 Å². The summed E-state index contributed by atoms with van der Waals surface area (Å²) in [6.07, 6.45) is 4.28. The lowest BCUT2D eigenvalue weighted by Gasteiger charge is -2.22. The molecule has 0 aliphatic carbocycles. The van der Waals surface area contributed by atoms with Crippen molar-refractivity contribution < 1.29 is 4.74 Å². The van der Waals surface area contributed by atoms with Crippen LogP contribution >= 0.6 is 15.9 Å². The van der Waals surface area contributed by atoms with Crippen molar-refractivity contribution in [1.29, 1.82) is 0 Å². The molecule has 1 aliphatic heterocycles. The fourth-order valence-corrected chi connectivity index (χ4v) is 3.76. The second-order valence-electron chi connectivity index (χ2n) is 6.48. The van der Waals surface area contributed by atoms with Crippen molar-refractivity contribution in [3.63, 3.8) is 0 Å². The van der Waals surface area contributed by atoms with Gasteiger partial charge in [0.1, 0.15) is 6.23 Å². The van der Waals surface area contributed by atoms with Crippen LogP contribution in [0.3, 0.4) is 0 Å². The molecule has 4 rings (SSSR count). The molecule has 1 atom stereocenters. The summed E-state index contributed by atoms with van der Waals surface area (Å²) in [5.41, 5.74) is 4.95. The van der Waals surface area contributed by atoms with Gasteiger partial charge >= 0.3 is 0 Å². The molecule has 0 saturated carbocycles. The number of ether oxygens (including phenoxy) is 1. The average Bonchev–Trinajstić information content (AvgIpc) is 3.26. The van der Waals surface area contributed by atoms with Crippen LogP contribution in [0.15, 0.2) is 71.5 Å². The van der Waals surface area contributed by atoms with E-state index >= 15 is 0 Å². The lowest BCUT2D eigenvalue weighted by Crippen LogP contribution is -2.23. The lowest BCUT2D eigenvalue weighted by atomic mass is 10.1. The molecule has 1 saturated heterocycles. The van der Waals surface area contributed by atoms with Crippen LogP contribution in [-0.4, -0.2) is 22.6 Å². The Balaban J connectivity index is 1.55. The second-order valence-corrected chi connectivity index (χ2v) is 7.34. The van der Waals surface area contributed by atoms with Gasteiger partial charge in [-0.2, -0.15) is 0 Å². The molecule has 25 heavy (non-hydrogen) atoms. The zero-order valence-corrected chi connectivity index (χ0v) is 15.8. The third-order valence-corrected chi connectivity index (χ3v) is 5.29. The first-order chi connectivity index (χ1) is 12.2. The Morgan fingerprint density at radius 2 is 1.88 bits per heavy atom. The number of rotatable bonds is 4. The van der Waals surface area contributed by atoms with Crippen LogP contribution in [0.4, 0.5) is 0 Å². The first kappa shape index (κ1) is 16.6. The van der Waals surface area contributed by atoms with Gasteiger partial charge in [0.05, 0.1) is 12.3 Å². The summed E-state index contributed by atoms with van der Waals surface area (Å²) >= 11 is 3.63. The molecule has 0 radical (unpaired) electrons. The van der Waals surface area contributed by atoms with Crippen molar-refractivity contribution in [2.45, 2.75) is 19.7 Å². The van der Waals surface area contributed by atoms with Crippen LogP contribution < -0.4 is 0 Å². The van der Waals surface area contributed by atoms with Gasteiger partial charge in [0.15, 0.2) is 0 Å². The SMILES string of the molecule is Cc1ccc(CN2CCOC2c2ccn(-c3ccccc3Br)c2)cc1. The molecule has 0 spiro atoms. The third-order valence-electron chi connectivity index (χ3n) is 4.62. The topological polar surface area (TPSA) is 17.4 Å². The highest BCUT2D eigenvalue weighted by Crippen LogP contribution is 2.30. The normalized spacial score (nSPS) is 17.9. The van der Waals surface area contributed by atoms with Crippen LogP contribution in [0, 0.1) is 6.92 Å². The Morgan fingerprint density at radius 1 is 1.08 bits per heavy atom. The number of hydrogen-bond acceptors (Lipinski definition) is 2. The number of halogens is 1. The predicted molar refractivity (Wildman–Crippen MR) is 104 cm³/mol. The molecule has 128 valence electrons. The van der Waals surface area contributed by atoms with E-state index in [4.69, 9.17) is 4.74 Å². The summed E-state index contributed by atoms with van der Waals surface area (Å²) in [6.45, 7) is 4.76. The number of aromatic nitrogens is 1. The summed E-state index contributed by atoms with van der Waals surface area (Å²) < 4.78 is 9.26. The Bertz CT molecular complexity index is 856. The fourth-order valence-electron chi connectivity index (χ4n) is 3.27. The standard InChI is InChI=1S/C21H21BrN2O/c1-16-6-8-17(9-7-16)14-24-12-13-25-21(24)18-10-11-23(15-18)20-5-3-2-4-19(20)22/h2-11,15,21H,12-14H2,1H3. The minimum Gasteiger partial charge on any atom is -0.357 e. The minimum atomic E-state index is 0.0186. The van der Waals surface area contributed by atoms with Gasteiger partial charge in [-0.05, 0) is 46.6 Å². The molecule has 3 nitrogen and oxygen atoms in total. The lowest BCUT2D eigenvalue weighted by molar-refractivity contribution is 0.0288. The maximum atomic E-state index is 6.03. The van der Waals surface area contributed by atoms with Crippen molar-refractivity contribution in [1.82, 2.24) is 9.47 Å². The molecular weight excluding hydrogens is 376 g/mol. The minimum absolute atomic E-state index is 0.0186. The molecule has 3 aromatic rings. The van der Waals surface area contributed by atoms with Crippen LogP contribution in [0.5, 0.6) is 0 Å². The highest BCUT2D eigenvalue weighted by molar-refractivity contribution is 9.10. The largest absolute Gasteiger partial charge is 0.357 e. The zero-order valence-electron chi connectivity index (χ0n) is 14.2. The molecule has 0 amide bonds. The molecule has 2 heterocycles. The van der Waals surface area contributed by atoms with Gasteiger partial charge in [0.2, 0.25) is 0 Å². The summed E-state index contributed by atoms with van der Waals surface area (Å²) in [4.78, 5) is 2.39. The highest BCUT2D eigenvalue weighted by Gasteiger charge is 2.27. The van der Waals surface area contributed by atoms with E-state index in [1.54, 1.807) is 0 Å². The van der Waals surface area contributed by atoms with Crippen LogP contribution in [0.25, 0.3) is 5.69 Å². The number of hydrogen-bond donors (Lipinski definition) is 0. The molecule has 0 N–H and O–H groups in total. The van der Waals surface area contributed by atoms with E-state index in [9.17, 15) is 0 Å². The van der Waals surface area contributed by atoms with Crippen molar-refractivity contribution in [3.05, 3.63) is 88.2 Å². The van der Waals surface area contributed by atoms with Gasteiger partial charge in [-0.1, -0.05) is 42.0 Å². The molecule has 1 unspecified atom stereocenters. The molecule has 1 aliphatic rings. The van der Waals surface area contributed by atoms with Crippen molar-refractivity contribution in [2.24, 2.45) is 0 Å². The number of benzene rings is 2. The first-order valence-electron chi connectivity index (χ1n) is 8.55. The monoisotopic (exact) mass is 396 g/mol. The first-order valence-corrected chi connectivity index (χ1v) is 9.34. The summed E-state index contributed by atoms with van der Waals surface area (Å²) in [5, 5.41) is 0. The van der Waals surface area contributed by atoms with Crippen molar-refractivity contribution >= 4 is 15.9 Å². The smallest absolute Gasteiger partial charge is 0.138 e. The van der Waals surface area contributed by atoms with Gasteiger partial charge < -0.3 is 9.30 Å². The van der Waals surface area contributed by atoms with Gasteiger partial charge in [-0.25, -0.2) is 0 Å².